The fourth-order valence-corrected chi connectivity index (χ4v) is 3.98. The Morgan fingerprint density at radius 1 is 1.27 bits per heavy atom. The van der Waals surface area contributed by atoms with Crippen molar-refractivity contribution in [1.29, 1.82) is 0 Å². The van der Waals surface area contributed by atoms with E-state index < -0.39 is 0 Å². The lowest BCUT2D eigenvalue weighted by Gasteiger charge is -2.27. The number of benzene rings is 1. The maximum Gasteiger partial charge on any atom is 0.168 e. The molecule has 0 amide bonds. The highest BCUT2D eigenvalue weighted by atomic mass is 35.5. The fourth-order valence-electron chi connectivity index (χ4n) is 3.83. The van der Waals surface area contributed by atoms with E-state index in [2.05, 4.69) is 5.16 Å². The van der Waals surface area contributed by atoms with Gasteiger partial charge in [0, 0.05) is 17.9 Å². The smallest absolute Gasteiger partial charge is 0.168 e. The Kier molecular flexibility index (Phi) is 6.87. The lowest BCUT2D eigenvalue weighted by atomic mass is 9.77. The van der Waals surface area contributed by atoms with E-state index in [1.54, 1.807) is 0 Å². The van der Waals surface area contributed by atoms with Crippen LogP contribution >= 0.6 is 11.6 Å². The van der Waals surface area contributed by atoms with Crippen LogP contribution in [0.2, 0.25) is 5.02 Å². The standard InChI is InChI=1S/C21H28ClNO3/c1-6-8-16(23-26-7-2)20-17(24)10-15(11-18(20)25)19-12(3)9-13(4)21(22)14(19)5/h9,15,24H,6-8,10-11H2,1-5H3/b23-16+. The molecule has 1 N–H and O–H groups in total. The van der Waals surface area contributed by atoms with Gasteiger partial charge in [-0.3, -0.25) is 4.79 Å². The third-order valence-corrected chi connectivity index (χ3v) is 5.45. The number of oxime groups is 1. The first-order valence-corrected chi connectivity index (χ1v) is 9.60. The second-order valence-corrected chi connectivity index (χ2v) is 7.30. The summed E-state index contributed by atoms with van der Waals surface area (Å²) in [6, 6.07) is 2.05. The number of aliphatic hydroxyl groups excluding tert-OH is 1. The van der Waals surface area contributed by atoms with Gasteiger partial charge in [0.05, 0.1) is 11.3 Å². The molecule has 1 aromatic rings. The summed E-state index contributed by atoms with van der Waals surface area (Å²) in [4.78, 5) is 18.0. The number of aryl methyl sites for hydroxylation is 2. The largest absolute Gasteiger partial charge is 0.511 e. The van der Waals surface area contributed by atoms with Gasteiger partial charge in [-0.25, -0.2) is 0 Å². The molecule has 0 radical (unpaired) electrons. The number of carbonyl (C=O) groups is 1. The van der Waals surface area contributed by atoms with Crippen molar-refractivity contribution in [2.75, 3.05) is 6.61 Å². The van der Waals surface area contributed by atoms with Gasteiger partial charge in [0.1, 0.15) is 12.4 Å². The summed E-state index contributed by atoms with van der Waals surface area (Å²) >= 11 is 6.43. The van der Waals surface area contributed by atoms with Gasteiger partial charge in [-0.15, -0.1) is 0 Å². The van der Waals surface area contributed by atoms with Gasteiger partial charge in [-0.2, -0.15) is 0 Å². The zero-order chi connectivity index (χ0) is 19.4. The van der Waals surface area contributed by atoms with Crippen LogP contribution in [0.1, 0.15) is 67.7 Å². The molecule has 1 atom stereocenters. The van der Waals surface area contributed by atoms with E-state index in [-0.39, 0.29) is 17.5 Å². The molecule has 0 aromatic heterocycles. The first kappa shape index (κ1) is 20.5. The van der Waals surface area contributed by atoms with Gasteiger partial charge >= 0.3 is 0 Å². The number of hydrogen-bond acceptors (Lipinski definition) is 4. The van der Waals surface area contributed by atoms with Crippen molar-refractivity contribution in [1.82, 2.24) is 0 Å². The number of hydrogen-bond donors (Lipinski definition) is 1. The molecule has 0 bridgehead atoms. The summed E-state index contributed by atoms with van der Waals surface area (Å²) in [5.74, 6) is -0.0471. The van der Waals surface area contributed by atoms with Gasteiger partial charge in [-0.1, -0.05) is 36.2 Å². The van der Waals surface area contributed by atoms with Crippen LogP contribution in [-0.2, 0) is 9.63 Å². The first-order chi connectivity index (χ1) is 12.3. The number of aliphatic hydroxyl groups is 1. The summed E-state index contributed by atoms with van der Waals surface area (Å²) in [6.45, 7) is 10.3. The predicted molar refractivity (Wildman–Crippen MR) is 106 cm³/mol. The second kappa shape index (κ2) is 8.72. The van der Waals surface area contributed by atoms with Crippen molar-refractivity contribution in [3.63, 3.8) is 0 Å². The monoisotopic (exact) mass is 377 g/mol. The molecule has 5 heteroatoms. The Hall–Kier alpha value is -1.81. The van der Waals surface area contributed by atoms with Crippen LogP contribution < -0.4 is 0 Å². The van der Waals surface area contributed by atoms with Crippen molar-refractivity contribution in [3.8, 4) is 0 Å². The Morgan fingerprint density at radius 3 is 2.54 bits per heavy atom. The summed E-state index contributed by atoms with van der Waals surface area (Å²) in [6.07, 6.45) is 2.18. The molecule has 26 heavy (non-hydrogen) atoms. The molecule has 142 valence electrons. The molecule has 1 unspecified atom stereocenters. The first-order valence-electron chi connectivity index (χ1n) is 9.22. The third kappa shape index (κ3) is 4.12. The summed E-state index contributed by atoms with van der Waals surface area (Å²) < 4.78 is 0. The molecule has 2 rings (SSSR count). The summed E-state index contributed by atoms with van der Waals surface area (Å²) in [5.41, 5.74) is 5.08. The number of halogens is 1. The number of allylic oxidation sites excluding steroid dienone is 2. The minimum atomic E-state index is -0.0823. The molecule has 1 aliphatic rings. The molecule has 1 aromatic carbocycles. The molecule has 0 spiro atoms. The lowest BCUT2D eigenvalue weighted by Crippen LogP contribution is -2.25. The van der Waals surface area contributed by atoms with E-state index in [1.165, 1.54) is 0 Å². The normalized spacial score (nSPS) is 18.5. The van der Waals surface area contributed by atoms with E-state index in [4.69, 9.17) is 16.4 Å². The van der Waals surface area contributed by atoms with Gasteiger partial charge in [0.25, 0.3) is 0 Å². The molecule has 1 aliphatic carbocycles. The fraction of sp³-hybridized carbons (Fsp3) is 0.524. The highest BCUT2D eigenvalue weighted by Crippen LogP contribution is 2.40. The minimum Gasteiger partial charge on any atom is -0.511 e. The van der Waals surface area contributed by atoms with E-state index >= 15 is 0 Å². The predicted octanol–water partition coefficient (Wildman–Crippen LogP) is 5.72. The van der Waals surface area contributed by atoms with Crippen molar-refractivity contribution in [2.45, 2.75) is 66.2 Å². The number of Topliss-reactive ketones (excluding diaryl/α,β-unsaturated/α-hetero) is 1. The molecule has 4 nitrogen and oxygen atoms in total. The van der Waals surface area contributed by atoms with Crippen LogP contribution in [0.15, 0.2) is 22.6 Å². The quantitative estimate of drug-likeness (QED) is 0.509. The average molecular weight is 378 g/mol. The van der Waals surface area contributed by atoms with Crippen molar-refractivity contribution >= 4 is 23.1 Å². The zero-order valence-electron chi connectivity index (χ0n) is 16.3. The van der Waals surface area contributed by atoms with Gasteiger partial charge < -0.3 is 9.94 Å². The van der Waals surface area contributed by atoms with Crippen molar-refractivity contribution in [2.24, 2.45) is 5.16 Å². The Bertz CT molecular complexity index is 765. The van der Waals surface area contributed by atoms with Crippen LogP contribution in [0.5, 0.6) is 0 Å². The van der Waals surface area contributed by atoms with E-state index in [1.807, 2.05) is 40.7 Å². The zero-order valence-corrected chi connectivity index (χ0v) is 17.0. The van der Waals surface area contributed by atoms with Gasteiger partial charge in [-0.05, 0) is 62.3 Å². The Labute approximate surface area is 160 Å². The topological polar surface area (TPSA) is 58.9 Å². The third-order valence-electron chi connectivity index (χ3n) is 4.86. The average Bonchev–Trinajstić information content (AvgIpc) is 2.57. The summed E-state index contributed by atoms with van der Waals surface area (Å²) in [7, 11) is 0. The van der Waals surface area contributed by atoms with Crippen LogP contribution in [0, 0.1) is 20.8 Å². The molecule has 0 aliphatic heterocycles. The van der Waals surface area contributed by atoms with E-state index in [0.29, 0.717) is 37.2 Å². The Morgan fingerprint density at radius 2 is 1.96 bits per heavy atom. The van der Waals surface area contributed by atoms with Crippen LogP contribution in [0.3, 0.4) is 0 Å². The van der Waals surface area contributed by atoms with Crippen molar-refractivity contribution < 1.29 is 14.7 Å². The van der Waals surface area contributed by atoms with Crippen LogP contribution in [-0.4, -0.2) is 23.2 Å². The second-order valence-electron chi connectivity index (χ2n) is 6.92. The summed E-state index contributed by atoms with van der Waals surface area (Å²) in [5, 5.41) is 15.5. The molecule has 0 saturated carbocycles. The lowest BCUT2D eigenvalue weighted by molar-refractivity contribution is -0.116. The Balaban J connectivity index is 2.43. The SMILES string of the molecule is CCC/C(=N\OCC)C1=C(O)CC(c2c(C)cc(C)c(Cl)c2C)CC1=O. The van der Waals surface area contributed by atoms with Crippen molar-refractivity contribution in [3.05, 3.63) is 44.7 Å². The molecular formula is C21H28ClNO3. The molecular weight excluding hydrogens is 350 g/mol. The minimum absolute atomic E-state index is 0.0701. The van der Waals surface area contributed by atoms with Gasteiger partial charge in [0.2, 0.25) is 0 Å². The maximum absolute atomic E-state index is 12.9. The highest BCUT2D eigenvalue weighted by Gasteiger charge is 2.33. The maximum atomic E-state index is 12.9. The number of carbonyl (C=O) groups excluding carboxylic acids is 1. The highest BCUT2D eigenvalue weighted by molar-refractivity contribution is 6.32. The number of ketones is 1. The van der Waals surface area contributed by atoms with E-state index in [0.717, 1.165) is 33.7 Å². The van der Waals surface area contributed by atoms with Crippen LogP contribution in [0.25, 0.3) is 0 Å². The molecule has 0 saturated heterocycles. The van der Waals surface area contributed by atoms with Crippen LogP contribution in [0.4, 0.5) is 0 Å². The van der Waals surface area contributed by atoms with E-state index in [9.17, 15) is 9.90 Å². The van der Waals surface area contributed by atoms with Gasteiger partial charge in [0.15, 0.2) is 5.78 Å². The number of rotatable bonds is 6. The number of nitrogens with zero attached hydrogens (tertiary/aromatic N) is 1. The molecule has 0 heterocycles. The molecule has 0 fully saturated rings.